The van der Waals surface area contributed by atoms with Crippen LogP contribution in [0.15, 0.2) is 12.3 Å². The highest BCUT2D eigenvalue weighted by atomic mass is 16.1. The van der Waals surface area contributed by atoms with Crippen LogP contribution in [0.1, 0.15) is 42.6 Å². The molecule has 1 aliphatic rings. The van der Waals surface area contributed by atoms with E-state index in [1.165, 1.54) is 6.42 Å². The van der Waals surface area contributed by atoms with Crippen molar-refractivity contribution in [3.63, 3.8) is 0 Å². The van der Waals surface area contributed by atoms with E-state index in [9.17, 15) is 4.79 Å². The molecular formula is C11H18N4O. The number of aromatic amines is 1. The van der Waals surface area contributed by atoms with Gasteiger partial charge in [-0.15, -0.1) is 0 Å². The van der Waals surface area contributed by atoms with Crippen molar-refractivity contribution in [2.45, 2.75) is 37.6 Å². The summed E-state index contributed by atoms with van der Waals surface area (Å²) >= 11 is 0. The molecule has 0 aromatic carbocycles. The molecule has 0 radical (unpaired) electrons. The second-order valence-corrected chi connectivity index (χ2v) is 4.58. The molecule has 5 nitrogen and oxygen atoms in total. The summed E-state index contributed by atoms with van der Waals surface area (Å²) in [4.78, 5) is 11.7. The molecule has 16 heavy (non-hydrogen) atoms. The van der Waals surface area contributed by atoms with E-state index in [2.05, 4.69) is 15.5 Å². The van der Waals surface area contributed by atoms with Crippen LogP contribution in [0.25, 0.3) is 0 Å². The Kier molecular flexibility index (Phi) is 3.24. The first-order chi connectivity index (χ1) is 7.70. The van der Waals surface area contributed by atoms with Crippen LogP contribution in [0.4, 0.5) is 0 Å². The second kappa shape index (κ2) is 4.65. The Labute approximate surface area is 94.8 Å². The number of nitrogens with one attached hydrogen (secondary N) is 2. The predicted octanol–water partition coefficient (Wildman–Crippen LogP) is 0.801. The molecule has 0 saturated heterocycles. The van der Waals surface area contributed by atoms with Crippen molar-refractivity contribution in [3.8, 4) is 0 Å². The molecule has 1 saturated carbocycles. The summed E-state index contributed by atoms with van der Waals surface area (Å²) in [5.74, 6) is -0.132. The number of carbonyl (C=O) groups is 1. The van der Waals surface area contributed by atoms with Gasteiger partial charge in [0.25, 0.3) is 5.91 Å². The average Bonchev–Trinajstić information content (AvgIpc) is 2.80. The molecule has 0 spiro atoms. The number of aromatic nitrogens is 2. The number of hydrogen-bond acceptors (Lipinski definition) is 3. The van der Waals surface area contributed by atoms with Crippen LogP contribution in [0.2, 0.25) is 0 Å². The van der Waals surface area contributed by atoms with Crippen molar-refractivity contribution in [1.29, 1.82) is 0 Å². The normalized spacial score (nSPS) is 19.3. The summed E-state index contributed by atoms with van der Waals surface area (Å²) in [6.45, 7) is 0.546. The Morgan fingerprint density at radius 3 is 2.88 bits per heavy atom. The number of H-pyrrole nitrogens is 1. The van der Waals surface area contributed by atoms with Crippen molar-refractivity contribution in [1.82, 2.24) is 15.5 Å². The molecule has 1 fully saturated rings. The molecular weight excluding hydrogens is 204 g/mol. The number of rotatable bonds is 3. The lowest BCUT2D eigenvalue weighted by Gasteiger charge is -2.33. The van der Waals surface area contributed by atoms with Crippen molar-refractivity contribution >= 4 is 5.91 Å². The van der Waals surface area contributed by atoms with Gasteiger partial charge in [0.15, 0.2) is 0 Å². The van der Waals surface area contributed by atoms with E-state index in [-0.39, 0.29) is 11.4 Å². The minimum atomic E-state index is -0.214. The van der Waals surface area contributed by atoms with E-state index in [1.807, 2.05) is 0 Å². The third-order valence-corrected chi connectivity index (χ3v) is 3.20. The van der Waals surface area contributed by atoms with Gasteiger partial charge in [0.05, 0.1) is 0 Å². The molecule has 88 valence electrons. The van der Waals surface area contributed by atoms with Crippen molar-refractivity contribution in [2.24, 2.45) is 5.73 Å². The zero-order valence-electron chi connectivity index (χ0n) is 9.33. The van der Waals surface area contributed by atoms with Crippen molar-refractivity contribution in [2.75, 3.05) is 6.54 Å². The number of amides is 1. The largest absolute Gasteiger partial charge is 0.349 e. The van der Waals surface area contributed by atoms with Gasteiger partial charge in [-0.3, -0.25) is 9.89 Å². The molecule has 0 bridgehead atoms. The van der Waals surface area contributed by atoms with Gasteiger partial charge in [0.1, 0.15) is 5.69 Å². The first kappa shape index (κ1) is 11.1. The van der Waals surface area contributed by atoms with Gasteiger partial charge in [-0.1, -0.05) is 19.3 Å². The Bertz CT molecular complexity index is 341. The monoisotopic (exact) mass is 222 g/mol. The number of nitrogens with two attached hydrogens (primary N) is 1. The van der Waals surface area contributed by atoms with Crippen LogP contribution in [0, 0.1) is 0 Å². The molecule has 2 rings (SSSR count). The van der Waals surface area contributed by atoms with E-state index in [1.54, 1.807) is 12.3 Å². The SMILES string of the molecule is NC1(CNC(=O)c2ccn[nH]2)CCCCC1. The number of hydrogen-bond donors (Lipinski definition) is 3. The van der Waals surface area contributed by atoms with Gasteiger partial charge in [0.2, 0.25) is 0 Å². The topological polar surface area (TPSA) is 83.8 Å². The highest BCUT2D eigenvalue weighted by Gasteiger charge is 2.27. The second-order valence-electron chi connectivity index (χ2n) is 4.58. The van der Waals surface area contributed by atoms with Gasteiger partial charge >= 0.3 is 0 Å². The predicted molar refractivity (Wildman–Crippen MR) is 60.9 cm³/mol. The molecule has 1 aromatic rings. The third-order valence-electron chi connectivity index (χ3n) is 3.20. The number of carbonyl (C=O) groups excluding carboxylic acids is 1. The van der Waals surface area contributed by atoms with Crippen LogP contribution in [0.5, 0.6) is 0 Å². The molecule has 0 unspecified atom stereocenters. The van der Waals surface area contributed by atoms with Gasteiger partial charge in [0, 0.05) is 18.3 Å². The summed E-state index contributed by atoms with van der Waals surface area (Å²) in [7, 11) is 0. The lowest BCUT2D eigenvalue weighted by molar-refractivity contribution is 0.0932. The molecule has 4 N–H and O–H groups in total. The van der Waals surface area contributed by atoms with Crippen molar-refractivity contribution in [3.05, 3.63) is 18.0 Å². The highest BCUT2D eigenvalue weighted by molar-refractivity contribution is 5.92. The average molecular weight is 222 g/mol. The summed E-state index contributed by atoms with van der Waals surface area (Å²) in [5.41, 5.74) is 6.49. The molecule has 5 heteroatoms. The minimum Gasteiger partial charge on any atom is -0.349 e. The molecule has 1 amide bonds. The standard InChI is InChI=1S/C11H18N4O/c12-11(5-2-1-3-6-11)8-13-10(16)9-4-7-14-15-9/h4,7H,1-3,5-6,8,12H2,(H,13,16)(H,14,15). The van der Waals surface area contributed by atoms with Crippen LogP contribution in [-0.4, -0.2) is 28.2 Å². The van der Waals surface area contributed by atoms with E-state index < -0.39 is 0 Å². The van der Waals surface area contributed by atoms with Gasteiger partial charge in [-0.05, 0) is 18.9 Å². The first-order valence-electron chi connectivity index (χ1n) is 5.76. The quantitative estimate of drug-likeness (QED) is 0.707. The van der Waals surface area contributed by atoms with Gasteiger partial charge in [-0.2, -0.15) is 5.10 Å². The summed E-state index contributed by atoms with van der Waals surface area (Å²) in [5, 5.41) is 9.23. The maximum atomic E-state index is 11.7. The fourth-order valence-electron chi connectivity index (χ4n) is 2.17. The Morgan fingerprint density at radius 1 is 1.50 bits per heavy atom. The van der Waals surface area contributed by atoms with E-state index in [0.717, 1.165) is 25.7 Å². The summed E-state index contributed by atoms with van der Waals surface area (Å²) < 4.78 is 0. The van der Waals surface area contributed by atoms with E-state index >= 15 is 0 Å². The van der Waals surface area contributed by atoms with E-state index in [4.69, 9.17) is 5.73 Å². The van der Waals surface area contributed by atoms with Crippen molar-refractivity contribution < 1.29 is 4.79 Å². The third kappa shape index (κ3) is 2.61. The Hall–Kier alpha value is -1.36. The van der Waals surface area contributed by atoms with Gasteiger partial charge < -0.3 is 11.1 Å². The fourth-order valence-corrected chi connectivity index (χ4v) is 2.17. The lowest BCUT2D eigenvalue weighted by atomic mass is 9.82. The van der Waals surface area contributed by atoms with Gasteiger partial charge in [-0.25, -0.2) is 0 Å². The molecule has 1 heterocycles. The maximum absolute atomic E-state index is 11.7. The van der Waals surface area contributed by atoms with Crippen LogP contribution >= 0.6 is 0 Å². The Morgan fingerprint density at radius 2 is 2.25 bits per heavy atom. The van der Waals surface area contributed by atoms with Crippen LogP contribution in [-0.2, 0) is 0 Å². The zero-order valence-corrected chi connectivity index (χ0v) is 9.33. The zero-order chi connectivity index (χ0) is 11.4. The lowest BCUT2D eigenvalue weighted by Crippen LogP contribution is -2.51. The Balaban J connectivity index is 1.84. The number of nitrogens with zero attached hydrogens (tertiary/aromatic N) is 1. The molecule has 0 atom stereocenters. The van der Waals surface area contributed by atoms with Crippen LogP contribution < -0.4 is 11.1 Å². The summed E-state index contributed by atoms with van der Waals surface area (Å²) in [6.07, 6.45) is 7.14. The first-order valence-corrected chi connectivity index (χ1v) is 5.76. The molecule has 1 aliphatic carbocycles. The smallest absolute Gasteiger partial charge is 0.269 e. The fraction of sp³-hybridized carbons (Fsp3) is 0.636. The summed E-state index contributed by atoms with van der Waals surface area (Å²) in [6, 6.07) is 1.65. The maximum Gasteiger partial charge on any atom is 0.269 e. The molecule has 1 aromatic heterocycles. The molecule has 0 aliphatic heterocycles. The van der Waals surface area contributed by atoms with E-state index in [0.29, 0.717) is 12.2 Å². The highest BCUT2D eigenvalue weighted by Crippen LogP contribution is 2.25. The van der Waals surface area contributed by atoms with Crippen LogP contribution in [0.3, 0.4) is 0 Å². The minimum absolute atomic E-state index is 0.132.